The number of methoxy groups -OCH3 is 1. The molecule has 13 nitrogen and oxygen atoms in total. The van der Waals surface area contributed by atoms with Crippen molar-refractivity contribution in [3.63, 3.8) is 0 Å². The zero-order chi connectivity index (χ0) is 37.0. The maximum Gasteiger partial charge on any atom is 0.338 e. The lowest BCUT2D eigenvalue weighted by molar-refractivity contribution is -0.301. The van der Waals surface area contributed by atoms with E-state index in [1.54, 1.807) is 34.6 Å². The molecule has 0 amide bonds. The second kappa shape index (κ2) is 16.7. The third-order valence-corrected chi connectivity index (χ3v) is 10.6. The van der Waals surface area contributed by atoms with Gasteiger partial charge in [0, 0.05) is 43.3 Å². The highest BCUT2D eigenvalue weighted by Gasteiger charge is 2.53. The molecule has 0 spiro atoms. The van der Waals surface area contributed by atoms with E-state index in [1.807, 2.05) is 25.9 Å². The Labute approximate surface area is 290 Å². The molecule has 0 bridgehead atoms. The van der Waals surface area contributed by atoms with Crippen molar-refractivity contribution in [1.82, 2.24) is 9.88 Å². The Hall–Kier alpha value is -2.52. The Bertz CT molecular complexity index is 1260. The van der Waals surface area contributed by atoms with E-state index in [-0.39, 0.29) is 36.3 Å². The highest BCUT2D eigenvalue weighted by molar-refractivity contribution is 5.89. The number of aliphatic hydroxyl groups is 3. The fraction of sp³-hybridized carbons (Fsp3) is 0.778. The van der Waals surface area contributed by atoms with Crippen molar-refractivity contribution in [2.24, 2.45) is 23.7 Å². The molecule has 1 aromatic rings. The molecule has 2 saturated heterocycles. The second-order valence-corrected chi connectivity index (χ2v) is 14.7. The lowest BCUT2D eigenvalue weighted by Gasteiger charge is -2.48. The van der Waals surface area contributed by atoms with E-state index in [2.05, 4.69) is 4.98 Å². The van der Waals surface area contributed by atoms with Crippen LogP contribution in [0.15, 0.2) is 24.5 Å². The molecule has 2 aliphatic heterocycles. The zero-order valence-electron chi connectivity index (χ0n) is 30.9. The van der Waals surface area contributed by atoms with E-state index in [0.29, 0.717) is 6.42 Å². The SMILES string of the molecule is CCC1OC(=O)[C@H](C)C(OC(=O)c2ccncc2)[C@H](C)[C@@H](O[C@@H]2O[C@H](C)C[C@H](N(C)C)[C@H]2O)[C@](C)(OC)C[C@@H](C)C(=O)[C@H](C)[C@@H](O)[C@]1(C)O. The summed E-state index contributed by atoms with van der Waals surface area (Å²) in [5.74, 6) is -5.54. The van der Waals surface area contributed by atoms with Gasteiger partial charge in [-0.1, -0.05) is 27.7 Å². The molecule has 2 fully saturated rings. The number of ketones is 1. The molecule has 0 aliphatic carbocycles. The first-order chi connectivity index (χ1) is 22.8. The lowest BCUT2D eigenvalue weighted by Crippen LogP contribution is -2.60. The number of hydrogen-bond acceptors (Lipinski definition) is 13. The van der Waals surface area contributed by atoms with Crippen LogP contribution in [0.25, 0.3) is 0 Å². The van der Waals surface area contributed by atoms with Crippen molar-refractivity contribution >= 4 is 17.7 Å². The van der Waals surface area contributed by atoms with Gasteiger partial charge in [0.2, 0.25) is 0 Å². The summed E-state index contributed by atoms with van der Waals surface area (Å²) in [6.07, 6.45) is -3.83. The fourth-order valence-corrected chi connectivity index (χ4v) is 7.46. The molecule has 3 rings (SSSR count). The molecule has 3 heterocycles. The summed E-state index contributed by atoms with van der Waals surface area (Å²) < 4.78 is 31.0. The predicted octanol–water partition coefficient (Wildman–Crippen LogP) is 2.77. The van der Waals surface area contributed by atoms with E-state index in [1.165, 1.54) is 45.5 Å². The van der Waals surface area contributed by atoms with Crippen molar-refractivity contribution in [1.29, 1.82) is 0 Å². The van der Waals surface area contributed by atoms with Crippen LogP contribution >= 0.6 is 0 Å². The van der Waals surface area contributed by atoms with Crippen LogP contribution < -0.4 is 0 Å². The van der Waals surface area contributed by atoms with Crippen molar-refractivity contribution in [3.8, 4) is 0 Å². The van der Waals surface area contributed by atoms with Crippen molar-refractivity contribution in [3.05, 3.63) is 30.1 Å². The monoisotopic (exact) mass is 694 g/mol. The van der Waals surface area contributed by atoms with Crippen LogP contribution in [0.1, 0.15) is 85.0 Å². The van der Waals surface area contributed by atoms with Gasteiger partial charge in [0.15, 0.2) is 6.29 Å². The van der Waals surface area contributed by atoms with Gasteiger partial charge in [-0.3, -0.25) is 14.6 Å². The molecule has 278 valence electrons. The number of carbonyl (C=O) groups is 3. The fourth-order valence-electron chi connectivity index (χ4n) is 7.46. The molecule has 49 heavy (non-hydrogen) atoms. The normalized spacial score (nSPS) is 41.5. The third kappa shape index (κ3) is 9.05. The maximum absolute atomic E-state index is 13.9. The Balaban J connectivity index is 2.21. The van der Waals surface area contributed by atoms with Gasteiger partial charge in [-0.05, 0) is 73.2 Å². The van der Waals surface area contributed by atoms with Gasteiger partial charge in [-0.25, -0.2) is 4.79 Å². The number of nitrogens with zero attached hydrogens (tertiary/aromatic N) is 2. The quantitative estimate of drug-likeness (QED) is 0.356. The summed E-state index contributed by atoms with van der Waals surface area (Å²) in [4.78, 5) is 47.2. The first kappa shape index (κ1) is 40.9. The van der Waals surface area contributed by atoms with E-state index in [0.717, 1.165) is 0 Å². The van der Waals surface area contributed by atoms with Crippen LogP contribution in [0.2, 0.25) is 0 Å². The molecule has 1 aromatic heterocycles. The van der Waals surface area contributed by atoms with Crippen LogP contribution in [-0.2, 0) is 33.3 Å². The Morgan fingerprint density at radius 2 is 1.67 bits per heavy atom. The number of cyclic esters (lactones) is 1. The van der Waals surface area contributed by atoms with Crippen LogP contribution in [0.4, 0.5) is 0 Å². The van der Waals surface area contributed by atoms with E-state index < -0.39 is 83.6 Å². The number of aliphatic hydroxyl groups excluding tert-OH is 2. The molecule has 2 unspecified atom stereocenters. The standard InChI is InChI=1S/C36H58N2O11/c1-12-26-36(8,44)30(41)21(4)27(39)19(2)18-35(7,45-11)31(49-34-28(40)25(38(9)10)17-20(3)46-34)22(5)29(23(6)32(42)47-26)48-33(43)24-13-15-37-16-14-24/h13-16,19-23,25-26,28-31,34,40-41,44H,12,17-18H2,1-11H3/t19-,20-,21+,22+,23-,25+,26?,28-,29?,30-,31-,34+,35-,36-/m1/s1. The van der Waals surface area contributed by atoms with Gasteiger partial charge in [0.1, 0.15) is 29.7 Å². The van der Waals surface area contributed by atoms with Crippen LogP contribution in [0.3, 0.4) is 0 Å². The average Bonchev–Trinajstić information content (AvgIpc) is 3.07. The Kier molecular flexibility index (Phi) is 13.9. The predicted molar refractivity (Wildman–Crippen MR) is 179 cm³/mol. The molecule has 0 saturated carbocycles. The topological polar surface area (TPSA) is 174 Å². The van der Waals surface area contributed by atoms with Gasteiger partial charge in [0.05, 0.1) is 35.4 Å². The summed E-state index contributed by atoms with van der Waals surface area (Å²) >= 11 is 0. The number of ether oxygens (including phenoxy) is 5. The number of likely N-dealkylation sites (N-methyl/N-ethyl adjacent to an activating group) is 1. The number of pyridine rings is 1. The van der Waals surface area contributed by atoms with Crippen LogP contribution in [-0.4, -0.2) is 124 Å². The van der Waals surface area contributed by atoms with Gasteiger partial charge in [0.25, 0.3) is 0 Å². The lowest BCUT2D eigenvalue weighted by atomic mass is 9.74. The van der Waals surface area contributed by atoms with Crippen LogP contribution in [0.5, 0.6) is 0 Å². The summed E-state index contributed by atoms with van der Waals surface area (Å²) in [5, 5.41) is 34.3. The third-order valence-electron chi connectivity index (χ3n) is 10.6. The molecule has 14 atom stereocenters. The number of aromatic nitrogens is 1. The van der Waals surface area contributed by atoms with Gasteiger partial charge in [-0.15, -0.1) is 0 Å². The van der Waals surface area contributed by atoms with E-state index in [4.69, 9.17) is 23.7 Å². The molecule has 3 N–H and O–H groups in total. The summed E-state index contributed by atoms with van der Waals surface area (Å²) in [6.45, 7) is 13.2. The number of esters is 2. The Morgan fingerprint density at radius 3 is 2.22 bits per heavy atom. The van der Waals surface area contributed by atoms with E-state index >= 15 is 0 Å². The number of rotatable bonds is 7. The zero-order valence-corrected chi connectivity index (χ0v) is 30.9. The highest BCUT2D eigenvalue weighted by Crippen LogP contribution is 2.40. The van der Waals surface area contributed by atoms with Crippen molar-refractivity contribution in [2.45, 2.75) is 135 Å². The smallest absolute Gasteiger partial charge is 0.338 e. The summed E-state index contributed by atoms with van der Waals surface area (Å²) in [7, 11) is 5.19. The summed E-state index contributed by atoms with van der Waals surface area (Å²) in [5.41, 5.74) is -3.07. The second-order valence-electron chi connectivity index (χ2n) is 14.7. The first-order valence-electron chi connectivity index (χ1n) is 17.3. The summed E-state index contributed by atoms with van der Waals surface area (Å²) in [6, 6.07) is 2.68. The van der Waals surface area contributed by atoms with Crippen molar-refractivity contribution < 1.29 is 53.4 Å². The number of Topliss-reactive ketones (excluding diaryl/α,β-unsaturated/α-hetero) is 1. The van der Waals surface area contributed by atoms with Crippen LogP contribution in [0, 0.1) is 23.7 Å². The first-order valence-corrected chi connectivity index (χ1v) is 17.3. The van der Waals surface area contributed by atoms with Gasteiger partial charge < -0.3 is 43.9 Å². The minimum Gasteiger partial charge on any atom is -0.459 e. The van der Waals surface area contributed by atoms with Gasteiger partial charge >= 0.3 is 11.9 Å². The molecule has 0 radical (unpaired) electrons. The van der Waals surface area contributed by atoms with Crippen molar-refractivity contribution in [2.75, 3.05) is 21.2 Å². The number of hydrogen-bond donors (Lipinski definition) is 3. The van der Waals surface area contributed by atoms with Gasteiger partial charge in [-0.2, -0.15) is 0 Å². The molecular formula is C36H58N2O11. The average molecular weight is 695 g/mol. The maximum atomic E-state index is 13.9. The highest BCUT2D eigenvalue weighted by atomic mass is 16.7. The van der Waals surface area contributed by atoms with E-state index in [9.17, 15) is 29.7 Å². The molecule has 2 aliphatic rings. The largest absolute Gasteiger partial charge is 0.459 e. The molecule has 0 aromatic carbocycles. The minimum atomic E-state index is -1.98. The Morgan fingerprint density at radius 1 is 1.06 bits per heavy atom. The minimum absolute atomic E-state index is 0.0765. The molecule has 13 heteroatoms. The molecular weight excluding hydrogens is 636 g/mol. The number of carbonyl (C=O) groups excluding carboxylic acids is 3.